The van der Waals surface area contributed by atoms with E-state index in [1.54, 1.807) is 6.08 Å². The standard InChI is InChI=1S/C21H20ClN5OS/c1-11(2)20-25-27-18(23)17(19(28)24-21(27)29-20)10-14-9-12(3)26(13(14)4)16-7-5-15(22)6-8-16/h5-11,23H,1-4H3/b17-10+,23-18?. The van der Waals surface area contributed by atoms with Crippen molar-refractivity contribution in [3.8, 4) is 5.69 Å². The molecule has 0 spiro atoms. The number of nitrogens with one attached hydrogen (secondary N) is 1. The molecule has 1 amide bonds. The molecule has 1 aromatic heterocycles. The van der Waals surface area contributed by atoms with Gasteiger partial charge in [-0.3, -0.25) is 10.2 Å². The van der Waals surface area contributed by atoms with E-state index < -0.39 is 5.91 Å². The van der Waals surface area contributed by atoms with Crippen LogP contribution in [0.5, 0.6) is 0 Å². The lowest BCUT2D eigenvalue weighted by atomic mass is 10.1. The van der Waals surface area contributed by atoms with E-state index in [-0.39, 0.29) is 17.3 Å². The Labute approximate surface area is 178 Å². The second kappa shape index (κ2) is 7.31. The predicted molar refractivity (Wildman–Crippen MR) is 120 cm³/mol. The Kier molecular flexibility index (Phi) is 4.96. The highest BCUT2D eigenvalue weighted by molar-refractivity contribution is 8.27. The molecule has 0 fully saturated rings. The molecule has 1 N–H and O–H groups in total. The van der Waals surface area contributed by atoms with E-state index in [1.807, 2.05) is 58.0 Å². The van der Waals surface area contributed by atoms with Gasteiger partial charge in [-0.2, -0.15) is 15.1 Å². The molecule has 6 nitrogen and oxygen atoms in total. The number of aliphatic imine (C=N–C) groups is 1. The van der Waals surface area contributed by atoms with Crippen molar-refractivity contribution < 1.29 is 4.79 Å². The molecule has 0 aliphatic carbocycles. The molecule has 0 radical (unpaired) electrons. The van der Waals surface area contributed by atoms with Crippen molar-refractivity contribution in [1.82, 2.24) is 9.58 Å². The highest BCUT2D eigenvalue weighted by Crippen LogP contribution is 2.31. The largest absolute Gasteiger partial charge is 0.318 e. The number of carbonyl (C=O) groups is 1. The Balaban J connectivity index is 1.74. The lowest BCUT2D eigenvalue weighted by Crippen LogP contribution is -2.35. The van der Waals surface area contributed by atoms with Crippen molar-refractivity contribution in [3.05, 3.63) is 57.9 Å². The summed E-state index contributed by atoms with van der Waals surface area (Å²) in [6.45, 7) is 8.04. The van der Waals surface area contributed by atoms with Crippen LogP contribution in [0.15, 0.2) is 46.0 Å². The van der Waals surface area contributed by atoms with Crippen LogP contribution in [-0.2, 0) is 4.79 Å². The first-order valence-corrected chi connectivity index (χ1v) is 10.4. The number of benzene rings is 1. The average molecular weight is 426 g/mol. The Bertz CT molecular complexity index is 1120. The minimum absolute atomic E-state index is 0.0550. The fraction of sp³-hybridized carbons (Fsp3) is 0.238. The molecule has 0 atom stereocenters. The summed E-state index contributed by atoms with van der Waals surface area (Å²) in [5.74, 6) is -0.147. The third-order valence-electron chi connectivity index (χ3n) is 4.82. The van der Waals surface area contributed by atoms with Crippen LogP contribution >= 0.6 is 23.4 Å². The number of aromatic nitrogens is 1. The van der Waals surface area contributed by atoms with Crippen molar-refractivity contribution in [3.63, 3.8) is 0 Å². The van der Waals surface area contributed by atoms with Gasteiger partial charge >= 0.3 is 0 Å². The van der Waals surface area contributed by atoms with Gasteiger partial charge in [0, 0.05) is 28.0 Å². The predicted octanol–water partition coefficient (Wildman–Crippen LogP) is 5.02. The number of nitrogens with zero attached hydrogens (tertiary/aromatic N) is 4. The number of hydrazone groups is 1. The second-order valence-electron chi connectivity index (χ2n) is 7.25. The van der Waals surface area contributed by atoms with Crippen LogP contribution in [0.2, 0.25) is 5.02 Å². The van der Waals surface area contributed by atoms with Crippen molar-refractivity contribution in [1.29, 1.82) is 5.41 Å². The monoisotopic (exact) mass is 425 g/mol. The Morgan fingerprint density at radius 3 is 2.55 bits per heavy atom. The minimum Gasteiger partial charge on any atom is -0.318 e. The van der Waals surface area contributed by atoms with Gasteiger partial charge in [0.15, 0.2) is 5.84 Å². The van der Waals surface area contributed by atoms with Crippen molar-refractivity contribution >= 4 is 51.4 Å². The van der Waals surface area contributed by atoms with Crippen LogP contribution in [0, 0.1) is 25.2 Å². The molecule has 4 rings (SSSR count). The number of carbonyl (C=O) groups excluding carboxylic acids is 1. The fourth-order valence-electron chi connectivity index (χ4n) is 3.32. The number of halogens is 1. The van der Waals surface area contributed by atoms with Crippen LogP contribution in [0.1, 0.15) is 30.8 Å². The summed E-state index contributed by atoms with van der Waals surface area (Å²) in [6, 6.07) is 9.60. The highest BCUT2D eigenvalue weighted by atomic mass is 35.5. The summed E-state index contributed by atoms with van der Waals surface area (Å²) in [5, 5.41) is 16.4. The molecule has 0 saturated carbocycles. The number of rotatable bonds is 3. The van der Waals surface area contributed by atoms with Crippen LogP contribution in [0.25, 0.3) is 11.8 Å². The van der Waals surface area contributed by atoms with E-state index in [0.717, 1.165) is 27.7 Å². The first-order chi connectivity index (χ1) is 13.8. The quantitative estimate of drug-likeness (QED) is 0.701. The van der Waals surface area contributed by atoms with E-state index in [2.05, 4.69) is 14.7 Å². The Hall–Kier alpha value is -2.64. The molecule has 2 aliphatic rings. The maximum atomic E-state index is 12.6. The first kappa shape index (κ1) is 19.7. The van der Waals surface area contributed by atoms with Crippen LogP contribution < -0.4 is 0 Å². The summed E-state index contributed by atoms with van der Waals surface area (Å²) in [7, 11) is 0. The van der Waals surface area contributed by atoms with Gasteiger partial charge in [0.25, 0.3) is 5.91 Å². The number of amides is 1. The first-order valence-electron chi connectivity index (χ1n) is 9.21. The van der Waals surface area contributed by atoms with Crippen LogP contribution in [0.3, 0.4) is 0 Å². The van der Waals surface area contributed by atoms with Gasteiger partial charge in [0.1, 0.15) is 5.04 Å². The highest BCUT2D eigenvalue weighted by Gasteiger charge is 2.36. The molecule has 148 valence electrons. The van der Waals surface area contributed by atoms with Gasteiger partial charge in [-0.25, -0.2) is 0 Å². The topological polar surface area (TPSA) is 73.8 Å². The number of hydrogen-bond donors (Lipinski definition) is 1. The summed E-state index contributed by atoms with van der Waals surface area (Å²) in [4.78, 5) is 16.8. The zero-order valence-electron chi connectivity index (χ0n) is 16.5. The molecular formula is C21H20ClN5OS. The van der Waals surface area contributed by atoms with Gasteiger partial charge in [0.2, 0.25) is 5.17 Å². The molecule has 1 aromatic carbocycles. The van der Waals surface area contributed by atoms with E-state index in [4.69, 9.17) is 17.0 Å². The van der Waals surface area contributed by atoms with Crippen molar-refractivity contribution in [2.24, 2.45) is 16.0 Å². The van der Waals surface area contributed by atoms with E-state index in [0.29, 0.717) is 10.2 Å². The fourth-order valence-corrected chi connectivity index (χ4v) is 4.34. The summed E-state index contributed by atoms with van der Waals surface area (Å²) < 4.78 is 2.09. The Morgan fingerprint density at radius 1 is 1.21 bits per heavy atom. The number of thioether (sulfide) groups is 1. The lowest BCUT2D eigenvalue weighted by Gasteiger charge is -2.20. The molecule has 8 heteroatoms. The van der Waals surface area contributed by atoms with Gasteiger partial charge in [0.05, 0.1) is 5.57 Å². The second-order valence-corrected chi connectivity index (χ2v) is 8.68. The number of aryl methyl sites for hydroxylation is 1. The maximum absolute atomic E-state index is 12.6. The SMILES string of the molecule is Cc1cc(/C=C2\C(=N)N3N=C(C(C)C)SC3=NC2=O)c(C)n1-c1ccc(Cl)cc1. The average Bonchev–Trinajstić information content (AvgIpc) is 3.21. The van der Waals surface area contributed by atoms with E-state index in [1.165, 1.54) is 16.8 Å². The van der Waals surface area contributed by atoms with E-state index >= 15 is 0 Å². The Morgan fingerprint density at radius 2 is 1.90 bits per heavy atom. The summed E-state index contributed by atoms with van der Waals surface area (Å²) >= 11 is 7.36. The zero-order chi connectivity index (χ0) is 20.9. The lowest BCUT2D eigenvalue weighted by molar-refractivity contribution is -0.114. The smallest absolute Gasteiger partial charge is 0.283 e. The molecule has 0 saturated heterocycles. The number of amidine groups is 2. The molecule has 29 heavy (non-hydrogen) atoms. The van der Waals surface area contributed by atoms with Gasteiger partial charge in [-0.05, 0) is 67.6 Å². The molecular weight excluding hydrogens is 406 g/mol. The third kappa shape index (κ3) is 3.45. The zero-order valence-corrected chi connectivity index (χ0v) is 18.1. The van der Waals surface area contributed by atoms with Gasteiger partial charge < -0.3 is 4.57 Å². The van der Waals surface area contributed by atoms with Crippen molar-refractivity contribution in [2.45, 2.75) is 27.7 Å². The summed E-state index contributed by atoms with van der Waals surface area (Å²) in [5.41, 5.74) is 4.08. The summed E-state index contributed by atoms with van der Waals surface area (Å²) in [6.07, 6.45) is 1.73. The van der Waals surface area contributed by atoms with Crippen molar-refractivity contribution in [2.75, 3.05) is 0 Å². The molecule has 2 aliphatic heterocycles. The number of fused-ring (bicyclic) bond motifs is 1. The minimum atomic E-state index is -0.412. The van der Waals surface area contributed by atoms with Gasteiger partial charge in [-0.15, -0.1) is 0 Å². The molecule has 0 bridgehead atoms. The molecule has 0 unspecified atom stereocenters. The number of hydrogen-bond acceptors (Lipinski definition) is 4. The van der Waals surface area contributed by atoms with Crippen LogP contribution in [-0.4, -0.2) is 31.5 Å². The van der Waals surface area contributed by atoms with Crippen LogP contribution in [0.4, 0.5) is 0 Å². The molecule has 3 heterocycles. The maximum Gasteiger partial charge on any atom is 0.283 e. The molecule has 2 aromatic rings. The third-order valence-corrected chi connectivity index (χ3v) is 6.28. The normalized spacial score (nSPS) is 17.9. The van der Waals surface area contributed by atoms with Gasteiger partial charge in [-0.1, -0.05) is 25.4 Å². The van der Waals surface area contributed by atoms with E-state index in [9.17, 15) is 4.79 Å².